The number of rotatable bonds is 14. The Labute approximate surface area is 380 Å². The number of nitrogens with one attached hydrogen (secondary N) is 1. The first-order chi connectivity index (χ1) is 27.0. The summed E-state index contributed by atoms with van der Waals surface area (Å²) in [6, 6.07) is 54.2. The molecule has 1 N–H and O–H groups in total. The first-order valence-electron chi connectivity index (χ1n) is 17.4. The van der Waals surface area contributed by atoms with E-state index in [-0.39, 0.29) is 49.8 Å². The fourth-order valence-electron chi connectivity index (χ4n) is 4.67. The van der Waals surface area contributed by atoms with Gasteiger partial charge in [0.25, 0.3) is 20.0 Å². The average molecular weight is 905 g/mol. The number of benzene rings is 6. The summed E-state index contributed by atoms with van der Waals surface area (Å²) < 4.78 is 53.9. The minimum absolute atomic E-state index is 0. The normalized spacial score (nSPS) is 12.1. The maximum atomic E-state index is 12.9. The van der Waals surface area contributed by atoms with Gasteiger partial charge in [0.1, 0.15) is 0 Å². The second-order valence-corrected chi connectivity index (χ2v) is 21.9. The van der Waals surface area contributed by atoms with E-state index in [0.29, 0.717) is 5.75 Å². The molecule has 57 heavy (non-hydrogen) atoms. The Balaban J connectivity index is 0.000000253. The molecule has 0 aliphatic rings. The Morgan fingerprint density at radius 1 is 0.561 bits per heavy atom. The van der Waals surface area contributed by atoms with E-state index >= 15 is 0 Å². The van der Waals surface area contributed by atoms with Crippen molar-refractivity contribution < 1.29 is 46.4 Å². The summed E-state index contributed by atoms with van der Waals surface area (Å²) >= 11 is 8.87. The molecule has 0 bridgehead atoms. The van der Waals surface area contributed by atoms with Gasteiger partial charge in [-0.2, -0.15) is 18.9 Å². The smallest absolute Gasteiger partial charge is 0.206 e. The van der Waals surface area contributed by atoms with Gasteiger partial charge in [-0.25, -0.2) is 8.42 Å². The molecule has 0 radical (unpaired) electrons. The molecule has 0 aromatic heterocycles. The molecule has 0 amide bonds. The summed E-state index contributed by atoms with van der Waals surface area (Å²) in [4.78, 5) is 5.24. The van der Waals surface area contributed by atoms with Crippen LogP contribution in [0.1, 0.15) is 11.1 Å². The molecular formula is C43H45ClN2NaO4S6+. The van der Waals surface area contributed by atoms with Crippen molar-refractivity contribution in [1.82, 2.24) is 4.24 Å². The third-order valence-corrected chi connectivity index (χ3v) is 17.3. The van der Waals surface area contributed by atoms with Crippen molar-refractivity contribution in [1.29, 1.82) is 0 Å². The minimum Gasteiger partial charge on any atom is -0.206 e. The van der Waals surface area contributed by atoms with Crippen LogP contribution in [0.5, 0.6) is 0 Å². The number of hydrogen-bond acceptors (Lipinski definition) is 6. The molecule has 0 fully saturated rings. The van der Waals surface area contributed by atoms with Crippen molar-refractivity contribution in [2.75, 3.05) is 23.0 Å². The van der Waals surface area contributed by atoms with Crippen molar-refractivity contribution >= 4 is 82.4 Å². The molecule has 0 heterocycles. The monoisotopic (exact) mass is 903 g/mol. The van der Waals surface area contributed by atoms with Crippen molar-refractivity contribution in [2.45, 2.75) is 43.2 Å². The van der Waals surface area contributed by atoms with Crippen molar-refractivity contribution in [3.8, 4) is 0 Å². The molecule has 2 atom stereocenters. The molecule has 294 valence electrons. The van der Waals surface area contributed by atoms with Gasteiger partial charge in [-0.05, 0) is 109 Å². The number of aryl methyl sites for hydroxylation is 2. The van der Waals surface area contributed by atoms with Gasteiger partial charge in [-0.1, -0.05) is 114 Å². The van der Waals surface area contributed by atoms with Crippen LogP contribution >= 0.6 is 45.8 Å². The predicted octanol–water partition coefficient (Wildman–Crippen LogP) is 8.31. The van der Waals surface area contributed by atoms with E-state index in [0.717, 1.165) is 33.3 Å². The third kappa shape index (κ3) is 17.7. The standard InChI is InChI=1S/C22H23NO2S3.C14H14S2.C7H8ClNO2S.Na/c1-19-13-15-22(16-14-19)28(24,25)23-27(21-11-7-4-8-12-21)18-17-26(2)20-9-5-3-6-10-20;1-3-7-13(8-4-1)15-11-12-16-14-9-5-2-6-10-14;1-6-2-4-7(5-3-6)12(10,11)9-8;/h3-16H,2,17-18H2,1H3;1-10H,11-12H2;2-5,9H,1H3;/q;;;+1. The Kier molecular flexibility index (Phi) is 22.2. The van der Waals surface area contributed by atoms with Crippen molar-refractivity contribution in [3.05, 3.63) is 181 Å². The largest absolute Gasteiger partial charge is 1.00 e. The van der Waals surface area contributed by atoms with Crippen LogP contribution in [0.15, 0.2) is 203 Å². The SMILES string of the molecule is C=S(CCS(=NS(=O)(=O)c1ccc(C)cc1)c1ccccc1)c1ccccc1.Cc1ccc(S(=O)(=O)NCl)cc1.[Na+].c1ccc(SCCSc2ccccc2)cc1. The molecule has 6 nitrogen and oxygen atoms in total. The number of sulfonamides is 2. The van der Waals surface area contributed by atoms with Gasteiger partial charge < -0.3 is 0 Å². The zero-order chi connectivity index (χ0) is 40.2. The quantitative estimate of drug-likeness (QED) is 0.0389. The number of thioether (sulfide) groups is 2. The van der Waals surface area contributed by atoms with Crippen LogP contribution in [0.3, 0.4) is 0 Å². The minimum atomic E-state index is -3.72. The molecule has 6 rings (SSSR count). The summed E-state index contributed by atoms with van der Waals surface area (Å²) in [5.74, 6) is 8.03. The van der Waals surface area contributed by atoms with Gasteiger partial charge in [-0.3, -0.25) is 0 Å². The third-order valence-electron chi connectivity index (χ3n) is 7.66. The number of halogens is 1. The van der Waals surface area contributed by atoms with Gasteiger partial charge in [0.2, 0.25) is 0 Å². The maximum Gasteiger partial charge on any atom is 1.00 e. The van der Waals surface area contributed by atoms with Crippen LogP contribution in [-0.4, -0.2) is 45.7 Å². The summed E-state index contributed by atoms with van der Waals surface area (Å²) in [6.07, 6.45) is 0. The predicted molar refractivity (Wildman–Crippen MR) is 244 cm³/mol. The van der Waals surface area contributed by atoms with Crippen molar-refractivity contribution in [2.24, 2.45) is 3.77 Å². The second-order valence-electron chi connectivity index (χ2n) is 12.0. The molecule has 0 aliphatic heterocycles. The van der Waals surface area contributed by atoms with Gasteiger partial charge in [0.05, 0.1) is 9.79 Å². The molecule has 0 saturated carbocycles. The first kappa shape index (κ1) is 48.9. The van der Waals surface area contributed by atoms with E-state index < -0.39 is 30.7 Å². The van der Waals surface area contributed by atoms with E-state index in [1.165, 1.54) is 26.8 Å². The summed E-state index contributed by atoms with van der Waals surface area (Å²) in [5, 5.41) is 0. The van der Waals surface area contributed by atoms with Crippen molar-refractivity contribution in [3.63, 3.8) is 0 Å². The molecule has 14 heteroatoms. The molecule has 2 unspecified atom stereocenters. The number of nitrogens with zero attached hydrogens (tertiary/aromatic N) is 1. The molecule has 6 aromatic carbocycles. The summed E-state index contributed by atoms with van der Waals surface area (Å²) in [7, 11) is -8.17. The fourth-order valence-corrected chi connectivity index (χ4v) is 12.7. The second kappa shape index (κ2) is 25.9. The number of hydrogen-bond donors (Lipinski definition) is 1. The fraction of sp³-hybridized carbons (Fsp3) is 0.140. The van der Waals surface area contributed by atoms with Crippen LogP contribution in [0.25, 0.3) is 0 Å². The van der Waals surface area contributed by atoms with Crippen LogP contribution in [0, 0.1) is 13.8 Å². The van der Waals surface area contributed by atoms with Gasteiger partial charge in [0.15, 0.2) is 0 Å². The molecule has 0 aliphatic carbocycles. The first-order valence-corrected chi connectivity index (χ1v) is 25.6. The van der Waals surface area contributed by atoms with E-state index in [1.54, 1.807) is 40.6 Å². The van der Waals surface area contributed by atoms with Crippen LogP contribution in [0.2, 0.25) is 0 Å². The van der Waals surface area contributed by atoms with Crippen LogP contribution in [-0.2, 0) is 30.7 Å². The van der Waals surface area contributed by atoms with Gasteiger partial charge in [-0.15, -0.1) is 31.5 Å². The molecule has 6 aromatic rings. The van der Waals surface area contributed by atoms with E-state index in [9.17, 15) is 16.8 Å². The van der Waals surface area contributed by atoms with E-state index in [1.807, 2.05) is 85.9 Å². The summed E-state index contributed by atoms with van der Waals surface area (Å²) in [5.41, 5.74) is 2.02. The van der Waals surface area contributed by atoms with Crippen LogP contribution in [0.4, 0.5) is 0 Å². The maximum absolute atomic E-state index is 12.9. The molecule has 0 saturated heterocycles. The van der Waals surface area contributed by atoms with E-state index in [2.05, 4.69) is 82.4 Å². The molecule has 0 spiro atoms. The topological polar surface area (TPSA) is 92.7 Å². The Morgan fingerprint density at radius 3 is 1.37 bits per heavy atom. The Morgan fingerprint density at radius 2 is 0.947 bits per heavy atom. The summed E-state index contributed by atoms with van der Waals surface area (Å²) in [6.45, 7) is 3.81. The van der Waals surface area contributed by atoms with E-state index in [4.69, 9.17) is 11.8 Å². The average Bonchev–Trinajstić information content (AvgIpc) is 3.23. The Bertz CT molecular complexity index is 2300. The zero-order valence-corrected chi connectivity index (χ0v) is 39.8. The van der Waals surface area contributed by atoms with Gasteiger partial charge >= 0.3 is 29.6 Å². The van der Waals surface area contributed by atoms with Gasteiger partial charge in [0, 0.05) is 42.6 Å². The zero-order valence-electron chi connectivity index (χ0n) is 32.1. The van der Waals surface area contributed by atoms with Crippen LogP contribution < -0.4 is 33.8 Å². The molecular weight excluding hydrogens is 859 g/mol. The Hall–Kier alpha value is -2.46.